The Balaban J connectivity index is 1.58. The molecule has 0 spiro atoms. The molecular weight excluding hydrogens is 302 g/mol. The van der Waals surface area contributed by atoms with Crippen LogP contribution in [0.2, 0.25) is 0 Å². The molecule has 1 fully saturated rings. The van der Waals surface area contributed by atoms with Crippen molar-refractivity contribution in [2.24, 2.45) is 0 Å². The summed E-state index contributed by atoms with van der Waals surface area (Å²) in [7, 11) is 1.98. The van der Waals surface area contributed by atoms with E-state index in [9.17, 15) is 4.79 Å². The molecule has 2 atom stereocenters. The molecule has 1 aliphatic rings. The highest BCUT2D eigenvalue weighted by molar-refractivity contribution is 5.77. The third-order valence-electron chi connectivity index (χ3n) is 4.18. The van der Waals surface area contributed by atoms with Crippen LogP contribution in [-0.4, -0.2) is 67.7 Å². The first-order valence-electron chi connectivity index (χ1n) is 8.90. The second-order valence-electron chi connectivity index (χ2n) is 6.88. The van der Waals surface area contributed by atoms with Crippen molar-refractivity contribution in [3.8, 4) is 0 Å². The number of morpholine rings is 1. The molecule has 1 saturated heterocycles. The molecular formula is C19H31N3O2. The largest absolute Gasteiger partial charge is 0.373 e. The van der Waals surface area contributed by atoms with E-state index in [1.54, 1.807) is 0 Å². The number of carbonyl (C=O) groups is 1. The van der Waals surface area contributed by atoms with Crippen LogP contribution in [0.15, 0.2) is 30.3 Å². The second-order valence-corrected chi connectivity index (χ2v) is 6.88. The maximum atomic E-state index is 12.0. The average molecular weight is 333 g/mol. The van der Waals surface area contributed by atoms with Crippen molar-refractivity contribution < 1.29 is 9.53 Å². The lowest BCUT2D eigenvalue weighted by atomic mass is 10.2. The normalized spacial score (nSPS) is 21.8. The molecule has 1 N–H and O–H groups in total. The zero-order valence-electron chi connectivity index (χ0n) is 15.2. The molecule has 1 amide bonds. The summed E-state index contributed by atoms with van der Waals surface area (Å²) in [6, 6.07) is 10.2. The average Bonchev–Trinajstić information content (AvgIpc) is 2.51. The molecule has 5 nitrogen and oxygen atoms in total. The fraction of sp³-hybridized carbons (Fsp3) is 0.632. The summed E-state index contributed by atoms with van der Waals surface area (Å²) in [4.78, 5) is 16.5. The monoisotopic (exact) mass is 333 g/mol. The van der Waals surface area contributed by atoms with Gasteiger partial charge in [0.25, 0.3) is 0 Å². The minimum Gasteiger partial charge on any atom is -0.373 e. The van der Waals surface area contributed by atoms with Gasteiger partial charge in [-0.25, -0.2) is 0 Å². The van der Waals surface area contributed by atoms with Crippen molar-refractivity contribution in [2.75, 3.05) is 39.8 Å². The van der Waals surface area contributed by atoms with Crippen LogP contribution in [0.3, 0.4) is 0 Å². The summed E-state index contributed by atoms with van der Waals surface area (Å²) < 4.78 is 5.74. The predicted octanol–water partition coefficient (Wildman–Crippen LogP) is 1.73. The van der Waals surface area contributed by atoms with Crippen LogP contribution in [0.1, 0.15) is 25.8 Å². The predicted molar refractivity (Wildman–Crippen MR) is 96.9 cm³/mol. The summed E-state index contributed by atoms with van der Waals surface area (Å²) in [6.07, 6.45) is 1.58. The molecule has 0 saturated carbocycles. The van der Waals surface area contributed by atoms with E-state index >= 15 is 0 Å². The quantitative estimate of drug-likeness (QED) is 0.736. The van der Waals surface area contributed by atoms with Gasteiger partial charge in [-0.05, 0) is 32.9 Å². The summed E-state index contributed by atoms with van der Waals surface area (Å²) in [5.41, 5.74) is 1.23. The number of hydrogen-bond donors (Lipinski definition) is 1. The highest BCUT2D eigenvalue weighted by Crippen LogP contribution is 2.10. The number of carbonyl (C=O) groups excluding carboxylic acids is 1. The molecule has 1 aromatic rings. The van der Waals surface area contributed by atoms with Crippen LogP contribution >= 0.6 is 0 Å². The molecule has 1 aromatic carbocycles. The van der Waals surface area contributed by atoms with Crippen LogP contribution in [0.4, 0.5) is 0 Å². The fourth-order valence-electron chi connectivity index (χ4n) is 3.25. The fourth-order valence-corrected chi connectivity index (χ4v) is 3.25. The molecule has 0 bridgehead atoms. The Labute approximate surface area is 146 Å². The minimum absolute atomic E-state index is 0.0946. The van der Waals surface area contributed by atoms with Crippen LogP contribution in [0.25, 0.3) is 0 Å². The number of benzene rings is 1. The number of likely N-dealkylation sites (N-methyl/N-ethyl adjacent to an activating group) is 1. The van der Waals surface area contributed by atoms with Gasteiger partial charge in [0, 0.05) is 32.7 Å². The number of ether oxygens (including phenoxy) is 1. The van der Waals surface area contributed by atoms with Crippen LogP contribution in [-0.2, 0) is 16.1 Å². The van der Waals surface area contributed by atoms with Gasteiger partial charge in [0.2, 0.25) is 5.91 Å². The number of rotatable bonds is 8. The van der Waals surface area contributed by atoms with Crippen LogP contribution in [0.5, 0.6) is 0 Å². The SMILES string of the molecule is CC1CN(CCCNC(=O)CN(C)Cc2ccccc2)CC(C)O1. The van der Waals surface area contributed by atoms with E-state index in [0.717, 1.165) is 39.1 Å². The van der Waals surface area contributed by atoms with Gasteiger partial charge in [0.05, 0.1) is 18.8 Å². The van der Waals surface area contributed by atoms with Gasteiger partial charge >= 0.3 is 0 Å². The van der Waals surface area contributed by atoms with Crippen molar-refractivity contribution in [1.29, 1.82) is 0 Å². The molecule has 0 radical (unpaired) electrons. The summed E-state index contributed by atoms with van der Waals surface area (Å²) >= 11 is 0. The topological polar surface area (TPSA) is 44.8 Å². The third-order valence-corrected chi connectivity index (χ3v) is 4.18. The Bertz CT molecular complexity index is 485. The van der Waals surface area contributed by atoms with Crippen molar-refractivity contribution in [2.45, 2.75) is 39.0 Å². The molecule has 24 heavy (non-hydrogen) atoms. The van der Waals surface area contributed by atoms with E-state index in [1.807, 2.05) is 30.1 Å². The molecule has 1 aliphatic heterocycles. The van der Waals surface area contributed by atoms with Gasteiger partial charge in [-0.2, -0.15) is 0 Å². The first kappa shape index (κ1) is 18.9. The summed E-state index contributed by atoms with van der Waals surface area (Å²) in [5, 5.41) is 3.02. The highest BCUT2D eigenvalue weighted by atomic mass is 16.5. The van der Waals surface area contributed by atoms with Gasteiger partial charge in [0.1, 0.15) is 0 Å². The van der Waals surface area contributed by atoms with E-state index in [1.165, 1.54) is 5.56 Å². The van der Waals surface area contributed by atoms with E-state index in [0.29, 0.717) is 18.8 Å². The van der Waals surface area contributed by atoms with E-state index in [2.05, 4.69) is 36.2 Å². The molecule has 1 heterocycles. The first-order chi connectivity index (χ1) is 11.5. The Morgan fingerprint density at radius 3 is 2.58 bits per heavy atom. The lowest BCUT2D eigenvalue weighted by Gasteiger charge is -2.35. The molecule has 2 unspecified atom stereocenters. The third kappa shape index (κ3) is 6.99. The van der Waals surface area contributed by atoms with E-state index in [-0.39, 0.29) is 5.91 Å². The Morgan fingerprint density at radius 2 is 1.92 bits per heavy atom. The van der Waals surface area contributed by atoms with Gasteiger partial charge in [-0.1, -0.05) is 30.3 Å². The lowest BCUT2D eigenvalue weighted by Crippen LogP contribution is -2.46. The second kappa shape index (κ2) is 9.77. The number of hydrogen-bond acceptors (Lipinski definition) is 4. The Hall–Kier alpha value is -1.43. The summed E-state index contributed by atoms with van der Waals surface area (Å²) in [6.45, 7) is 9.17. The van der Waals surface area contributed by atoms with Crippen LogP contribution < -0.4 is 5.32 Å². The van der Waals surface area contributed by atoms with Crippen molar-refractivity contribution >= 4 is 5.91 Å². The molecule has 5 heteroatoms. The van der Waals surface area contributed by atoms with E-state index < -0.39 is 0 Å². The summed E-state index contributed by atoms with van der Waals surface area (Å²) in [5.74, 6) is 0.0946. The Kier molecular flexibility index (Phi) is 7.69. The molecule has 0 aromatic heterocycles. The van der Waals surface area contributed by atoms with Gasteiger partial charge in [-0.15, -0.1) is 0 Å². The molecule has 2 rings (SSSR count). The van der Waals surface area contributed by atoms with Gasteiger partial charge in [-0.3, -0.25) is 14.6 Å². The number of nitrogens with one attached hydrogen (secondary N) is 1. The molecule has 0 aliphatic carbocycles. The van der Waals surface area contributed by atoms with E-state index in [4.69, 9.17) is 4.74 Å². The number of nitrogens with zero attached hydrogens (tertiary/aromatic N) is 2. The number of amides is 1. The highest BCUT2D eigenvalue weighted by Gasteiger charge is 2.21. The maximum absolute atomic E-state index is 12.0. The standard InChI is InChI=1S/C19H31N3O2/c1-16-12-22(13-17(2)24-16)11-7-10-20-19(23)15-21(3)14-18-8-5-4-6-9-18/h4-6,8-9,16-17H,7,10-15H2,1-3H3,(H,20,23). The van der Waals surface area contributed by atoms with Gasteiger partial charge < -0.3 is 10.1 Å². The Morgan fingerprint density at radius 1 is 1.25 bits per heavy atom. The minimum atomic E-state index is 0.0946. The van der Waals surface area contributed by atoms with Gasteiger partial charge in [0.15, 0.2) is 0 Å². The van der Waals surface area contributed by atoms with Crippen LogP contribution in [0, 0.1) is 0 Å². The molecule has 134 valence electrons. The smallest absolute Gasteiger partial charge is 0.234 e. The zero-order valence-corrected chi connectivity index (χ0v) is 15.2. The lowest BCUT2D eigenvalue weighted by molar-refractivity contribution is -0.122. The van der Waals surface area contributed by atoms with Crippen molar-refractivity contribution in [3.05, 3.63) is 35.9 Å². The zero-order chi connectivity index (χ0) is 17.4. The first-order valence-corrected chi connectivity index (χ1v) is 8.90. The van der Waals surface area contributed by atoms with Crippen molar-refractivity contribution in [1.82, 2.24) is 15.1 Å². The van der Waals surface area contributed by atoms with Crippen molar-refractivity contribution in [3.63, 3.8) is 0 Å². The maximum Gasteiger partial charge on any atom is 0.234 e.